The van der Waals surface area contributed by atoms with Crippen LogP contribution in [0.2, 0.25) is 0 Å². The maximum atomic E-state index is 14.1. The molecule has 1 fully saturated rings. The van der Waals surface area contributed by atoms with E-state index in [2.05, 4.69) is 5.32 Å². The van der Waals surface area contributed by atoms with E-state index >= 15 is 0 Å². The zero-order chi connectivity index (χ0) is 17.1. The van der Waals surface area contributed by atoms with Crippen LogP contribution in [0.3, 0.4) is 0 Å². The molecule has 124 valence electrons. The Hall–Kier alpha value is -2.22. The molecule has 1 heterocycles. The van der Waals surface area contributed by atoms with Crippen molar-refractivity contribution in [1.82, 2.24) is 10.2 Å². The van der Waals surface area contributed by atoms with Crippen LogP contribution >= 0.6 is 12.2 Å². The van der Waals surface area contributed by atoms with E-state index < -0.39 is 17.8 Å². The predicted molar refractivity (Wildman–Crippen MR) is 88.3 cm³/mol. The van der Waals surface area contributed by atoms with Crippen LogP contribution < -0.4 is 10.2 Å². The topological polar surface area (TPSA) is 61.9 Å². The summed E-state index contributed by atoms with van der Waals surface area (Å²) < 4.78 is 19.3. The van der Waals surface area contributed by atoms with Crippen molar-refractivity contribution in [2.45, 2.75) is 13.0 Å². The van der Waals surface area contributed by atoms with E-state index in [0.29, 0.717) is 17.2 Å². The maximum absolute atomic E-state index is 14.1. The smallest absolute Gasteiger partial charge is 0.414 e. The zero-order valence-electron chi connectivity index (χ0n) is 13.1. The van der Waals surface area contributed by atoms with Crippen LogP contribution in [-0.2, 0) is 4.74 Å². The van der Waals surface area contributed by atoms with Crippen molar-refractivity contribution in [3.8, 4) is 0 Å². The minimum Gasteiger partial charge on any atom is -0.442 e. The Bertz CT molecular complexity index is 651. The summed E-state index contributed by atoms with van der Waals surface area (Å²) in [5.74, 6) is -1.11. The fourth-order valence-corrected chi connectivity index (χ4v) is 2.27. The number of rotatable bonds is 4. The van der Waals surface area contributed by atoms with Crippen LogP contribution in [0.5, 0.6) is 0 Å². The molecule has 0 aromatic heterocycles. The molecule has 1 saturated heterocycles. The summed E-state index contributed by atoms with van der Waals surface area (Å²) in [4.78, 5) is 27.0. The number of nitrogens with one attached hydrogen (secondary N) is 1. The summed E-state index contributed by atoms with van der Waals surface area (Å²) in [7, 11) is 3.09. The summed E-state index contributed by atoms with van der Waals surface area (Å²) >= 11 is 4.91. The van der Waals surface area contributed by atoms with Gasteiger partial charge in [-0.25, -0.2) is 9.18 Å². The minimum absolute atomic E-state index is 0.0409. The average Bonchev–Trinajstić information content (AvgIpc) is 2.85. The minimum atomic E-state index is -0.676. The fraction of sp³-hybridized carbons (Fsp3) is 0.400. The molecule has 1 atom stereocenters. The van der Waals surface area contributed by atoms with Gasteiger partial charge in [0.25, 0.3) is 5.91 Å². The van der Waals surface area contributed by atoms with Crippen molar-refractivity contribution in [2.75, 3.05) is 32.1 Å². The van der Waals surface area contributed by atoms with Gasteiger partial charge in [0.15, 0.2) is 0 Å². The highest BCUT2D eigenvalue weighted by molar-refractivity contribution is 7.80. The normalized spacial score (nSPS) is 17.0. The van der Waals surface area contributed by atoms with Gasteiger partial charge in [-0.1, -0.05) is 12.2 Å². The van der Waals surface area contributed by atoms with Gasteiger partial charge in [0.2, 0.25) is 0 Å². The van der Waals surface area contributed by atoms with Crippen LogP contribution in [-0.4, -0.2) is 55.2 Å². The first-order valence-electron chi connectivity index (χ1n) is 7.03. The van der Waals surface area contributed by atoms with Crippen LogP contribution in [0, 0.1) is 5.82 Å². The molecule has 2 amide bonds. The molecule has 6 nitrogen and oxygen atoms in total. The number of hydrogen-bond acceptors (Lipinski definition) is 4. The number of thiocarbonyl (C=S) groups is 1. The number of anilines is 1. The van der Waals surface area contributed by atoms with Crippen molar-refractivity contribution in [3.05, 3.63) is 29.6 Å². The van der Waals surface area contributed by atoms with Crippen molar-refractivity contribution in [2.24, 2.45) is 0 Å². The lowest BCUT2D eigenvalue weighted by molar-refractivity contribution is 0.0823. The molecule has 0 radical (unpaired) electrons. The highest BCUT2D eigenvalue weighted by Crippen LogP contribution is 2.24. The molecule has 2 rings (SSSR count). The summed E-state index contributed by atoms with van der Waals surface area (Å²) in [5, 5.41) is 2.93. The molecular weight excluding hydrogens is 321 g/mol. The first-order valence-corrected chi connectivity index (χ1v) is 7.44. The Balaban J connectivity index is 2.13. The number of halogens is 1. The monoisotopic (exact) mass is 339 g/mol. The first kappa shape index (κ1) is 17.1. The molecule has 8 heteroatoms. The summed E-state index contributed by atoms with van der Waals surface area (Å²) in [6, 6.07) is 4.06. The third kappa shape index (κ3) is 3.95. The quantitative estimate of drug-likeness (QED) is 0.848. The van der Waals surface area contributed by atoms with Crippen LogP contribution in [0.4, 0.5) is 14.9 Å². The summed E-state index contributed by atoms with van der Waals surface area (Å²) in [6.45, 7) is 2.42. The summed E-state index contributed by atoms with van der Waals surface area (Å²) in [5.41, 5.74) is 0.310. The number of ether oxygens (including phenoxy) is 1. The van der Waals surface area contributed by atoms with Gasteiger partial charge in [-0.15, -0.1) is 0 Å². The van der Waals surface area contributed by atoms with Gasteiger partial charge in [0, 0.05) is 14.1 Å². The molecule has 0 bridgehead atoms. The van der Waals surface area contributed by atoms with Crippen molar-refractivity contribution >= 4 is 34.9 Å². The van der Waals surface area contributed by atoms with Crippen LogP contribution in [0.15, 0.2) is 18.2 Å². The van der Waals surface area contributed by atoms with Crippen LogP contribution in [0.1, 0.15) is 17.3 Å². The van der Waals surface area contributed by atoms with Gasteiger partial charge in [-0.05, 0) is 25.1 Å². The molecule has 1 N–H and O–H groups in total. The molecule has 0 spiro atoms. The average molecular weight is 339 g/mol. The van der Waals surface area contributed by atoms with Gasteiger partial charge in [-0.2, -0.15) is 0 Å². The number of carbonyl (C=O) groups is 2. The number of benzene rings is 1. The Kier molecular flexibility index (Phi) is 5.15. The van der Waals surface area contributed by atoms with E-state index in [4.69, 9.17) is 17.0 Å². The third-order valence-electron chi connectivity index (χ3n) is 3.35. The molecular formula is C15H18FN3O3S. The number of hydrogen-bond donors (Lipinski definition) is 1. The van der Waals surface area contributed by atoms with E-state index in [1.807, 2.05) is 0 Å². The number of amides is 2. The molecule has 0 unspecified atom stereocenters. The molecule has 1 aromatic rings. The SMILES string of the molecule is CC(=S)NC[C@H]1CN(c2ccc(C(=O)N(C)C)c(F)c2)C(=O)O1. The van der Waals surface area contributed by atoms with Gasteiger partial charge in [-0.3, -0.25) is 9.69 Å². The van der Waals surface area contributed by atoms with E-state index in [1.54, 1.807) is 21.0 Å². The number of cyclic esters (lactones) is 1. The maximum Gasteiger partial charge on any atom is 0.414 e. The number of carbonyl (C=O) groups excluding carboxylic acids is 2. The summed E-state index contributed by atoms with van der Waals surface area (Å²) in [6.07, 6.45) is -0.920. The fourth-order valence-electron chi connectivity index (χ4n) is 2.18. The first-order chi connectivity index (χ1) is 10.8. The zero-order valence-corrected chi connectivity index (χ0v) is 13.9. The van der Waals surface area contributed by atoms with Gasteiger partial charge >= 0.3 is 6.09 Å². The lowest BCUT2D eigenvalue weighted by Gasteiger charge is -2.15. The molecule has 0 aliphatic carbocycles. The third-order valence-corrected chi connectivity index (χ3v) is 3.50. The number of nitrogens with zero attached hydrogens (tertiary/aromatic N) is 2. The molecule has 23 heavy (non-hydrogen) atoms. The molecule has 1 aliphatic heterocycles. The molecule has 1 aliphatic rings. The highest BCUT2D eigenvalue weighted by atomic mass is 32.1. The second-order valence-corrected chi connectivity index (χ2v) is 6.03. The van der Waals surface area contributed by atoms with E-state index in [9.17, 15) is 14.0 Å². The lowest BCUT2D eigenvalue weighted by atomic mass is 10.1. The Morgan fingerprint density at radius 3 is 2.78 bits per heavy atom. The van der Waals surface area contributed by atoms with Crippen molar-refractivity contribution < 1.29 is 18.7 Å². The second kappa shape index (κ2) is 6.91. The molecule has 0 saturated carbocycles. The van der Waals surface area contributed by atoms with Crippen molar-refractivity contribution in [1.29, 1.82) is 0 Å². The van der Waals surface area contributed by atoms with E-state index in [1.165, 1.54) is 21.9 Å². The largest absolute Gasteiger partial charge is 0.442 e. The lowest BCUT2D eigenvalue weighted by Crippen LogP contribution is -2.32. The van der Waals surface area contributed by atoms with Gasteiger partial charge in [0.05, 0.1) is 29.3 Å². The predicted octanol–water partition coefficient (Wildman–Crippen LogP) is 1.79. The van der Waals surface area contributed by atoms with E-state index in [0.717, 1.165) is 6.07 Å². The van der Waals surface area contributed by atoms with Gasteiger partial charge < -0.3 is 15.0 Å². The molecule has 1 aromatic carbocycles. The van der Waals surface area contributed by atoms with Gasteiger partial charge in [0.1, 0.15) is 11.9 Å². The van der Waals surface area contributed by atoms with E-state index in [-0.39, 0.29) is 18.2 Å². The standard InChI is InChI=1S/C15H18FN3O3S/c1-9(23)17-7-11-8-19(15(21)22-11)10-4-5-12(13(16)6-10)14(20)18(2)3/h4-6,11H,7-8H2,1-3H3,(H,17,23)/t11-/m0/s1. The Labute approximate surface area is 139 Å². The second-order valence-electron chi connectivity index (χ2n) is 5.42. The van der Waals surface area contributed by atoms with Crippen molar-refractivity contribution in [3.63, 3.8) is 0 Å². The Morgan fingerprint density at radius 1 is 1.52 bits per heavy atom. The highest BCUT2D eigenvalue weighted by Gasteiger charge is 2.32. The Morgan fingerprint density at radius 2 is 2.22 bits per heavy atom. The van der Waals surface area contributed by atoms with Crippen LogP contribution in [0.25, 0.3) is 0 Å².